The smallest absolute Gasteiger partial charge is 0.387 e. The molecule has 1 aromatic rings. The van der Waals surface area contributed by atoms with Crippen LogP contribution in [0.4, 0.5) is 8.78 Å². The van der Waals surface area contributed by atoms with E-state index in [1.807, 2.05) is 19.2 Å². The lowest BCUT2D eigenvalue weighted by Gasteiger charge is -2.36. The minimum absolute atomic E-state index is 0.219. The third-order valence-corrected chi connectivity index (χ3v) is 4.59. The molecule has 1 aliphatic heterocycles. The fourth-order valence-electron chi connectivity index (χ4n) is 3.12. The quantitative estimate of drug-likeness (QED) is 0.831. The third kappa shape index (κ3) is 4.92. The van der Waals surface area contributed by atoms with E-state index in [1.165, 1.54) is 19.3 Å². The molecule has 1 heterocycles. The molecule has 1 fully saturated rings. The zero-order valence-corrected chi connectivity index (χ0v) is 13.4. The van der Waals surface area contributed by atoms with Gasteiger partial charge in [0.15, 0.2) is 0 Å². The van der Waals surface area contributed by atoms with Crippen LogP contribution in [0.15, 0.2) is 24.3 Å². The molecule has 0 bridgehead atoms. The molecular weight excluding hydrogens is 286 g/mol. The van der Waals surface area contributed by atoms with Gasteiger partial charge >= 0.3 is 6.61 Å². The molecule has 1 aromatic carbocycles. The summed E-state index contributed by atoms with van der Waals surface area (Å²) in [5.74, 6) is 1.04. The highest BCUT2D eigenvalue weighted by Gasteiger charge is 2.23. The van der Waals surface area contributed by atoms with Gasteiger partial charge in [0.05, 0.1) is 0 Å². The van der Waals surface area contributed by atoms with Gasteiger partial charge in [-0.25, -0.2) is 0 Å². The van der Waals surface area contributed by atoms with Crippen LogP contribution in [0.1, 0.15) is 37.8 Å². The van der Waals surface area contributed by atoms with Crippen molar-refractivity contribution in [3.63, 3.8) is 0 Å². The van der Waals surface area contributed by atoms with E-state index in [-0.39, 0.29) is 5.75 Å². The first kappa shape index (κ1) is 17.2. The summed E-state index contributed by atoms with van der Waals surface area (Å²) in [6.07, 6.45) is 3.72. The van der Waals surface area contributed by atoms with Crippen LogP contribution in [0, 0.1) is 5.92 Å². The summed E-state index contributed by atoms with van der Waals surface area (Å²) in [6, 6.07) is 7.33. The Morgan fingerprint density at radius 3 is 2.41 bits per heavy atom. The molecule has 124 valence electrons. The maximum atomic E-state index is 12.2. The summed E-state index contributed by atoms with van der Waals surface area (Å²) in [4.78, 5) is 2.47. The normalized spacial score (nSPS) is 18.6. The minimum Gasteiger partial charge on any atom is -0.435 e. The number of hydrogen-bond donors (Lipinski definition) is 1. The molecule has 1 saturated heterocycles. The standard InChI is InChI=1S/C17H26F2N2O/c1-13(15-3-5-16(6-4-15)22-17(18)19)21-11-8-14(9-12-21)7-10-20-2/h3-6,13-14,17,20H,7-12H2,1-2H3. The number of alkyl halides is 2. The molecule has 0 aliphatic carbocycles. The van der Waals surface area contributed by atoms with Crippen molar-refractivity contribution in [3.8, 4) is 5.75 Å². The first-order valence-electron chi connectivity index (χ1n) is 8.03. The minimum atomic E-state index is -2.76. The first-order chi connectivity index (χ1) is 10.6. The molecule has 2 rings (SSSR count). The van der Waals surface area contributed by atoms with Crippen LogP contribution in [0.25, 0.3) is 0 Å². The average Bonchev–Trinajstić information content (AvgIpc) is 2.53. The van der Waals surface area contributed by atoms with Gasteiger partial charge in [-0.2, -0.15) is 8.78 Å². The first-order valence-corrected chi connectivity index (χ1v) is 8.03. The molecule has 1 unspecified atom stereocenters. The van der Waals surface area contributed by atoms with Crippen LogP contribution in [-0.4, -0.2) is 38.2 Å². The fourth-order valence-corrected chi connectivity index (χ4v) is 3.12. The Bertz CT molecular complexity index is 431. The van der Waals surface area contributed by atoms with Gasteiger partial charge in [0.1, 0.15) is 5.75 Å². The maximum Gasteiger partial charge on any atom is 0.387 e. The topological polar surface area (TPSA) is 24.5 Å². The highest BCUT2D eigenvalue weighted by molar-refractivity contribution is 5.29. The van der Waals surface area contributed by atoms with E-state index >= 15 is 0 Å². The Hall–Kier alpha value is -1.20. The number of piperidine rings is 1. The van der Waals surface area contributed by atoms with E-state index in [9.17, 15) is 8.78 Å². The highest BCUT2D eigenvalue weighted by atomic mass is 19.3. The number of ether oxygens (including phenoxy) is 1. The van der Waals surface area contributed by atoms with E-state index in [4.69, 9.17) is 0 Å². The van der Waals surface area contributed by atoms with Crippen molar-refractivity contribution in [1.29, 1.82) is 0 Å². The zero-order chi connectivity index (χ0) is 15.9. The molecule has 0 aromatic heterocycles. The number of hydrogen-bond acceptors (Lipinski definition) is 3. The van der Waals surface area contributed by atoms with Crippen molar-refractivity contribution in [2.75, 3.05) is 26.7 Å². The van der Waals surface area contributed by atoms with Crippen molar-refractivity contribution in [3.05, 3.63) is 29.8 Å². The Labute approximate surface area is 131 Å². The second-order valence-corrected chi connectivity index (χ2v) is 6.00. The van der Waals surface area contributed by atoms with Crippen molar-refractivity contribution in [2.24, 2.45) is 5.92 Å². The summed E-state index contributed by atoms with van der Waals surface area (Å²) in [6.45, 7) is 2.71. The highest BCUT2D eigenvalue weighted by Crippen LogP contribution is 2.28. The van der Waals surface area contributed by atoms with Crippen LogP contribution in [0.5, 0.6) is 5.75 Å². The monoisotopic (exact) mass is 312 g/mol. The maximum absolute atomic E-state index is 12.2. The zero-order valence-electron chi connectivity index (χ0n) is 13.4. The molecule has 1 aliphatic rings. The lowest BCUT2D eigenvalue weighted by Crippen LogP contribution is -2.36. The number of likely N-dealkylation sites (tertiary alicyclic amines) is 1. The lowest BCUT2D eigenvalue weighted by atomic mass is 9.92. The van der Waals surface area contributed by atoms with E-state index in [1.54, 1.807) is 12.1 Å². The van der Waals surface area contributed by atoms with Crippen molar-refractivity contribution in [2.45, 2.75) is 38.8 Å². The van der Waals surface area contributed by atoms with E-state index in [0.29, 0.717) is 6.04 Å². The third-order valence-electron chi connectivity index (χ3n) is 4.59. The van der Waals surface area contributed by atoms with Gasteiger partial charge in [-0.15, -0.1) is 0 Å². The van der Waals surface area contributed by atoms with Crippen molar-refractivity contribution in [1.82, 2.24) is 10.2 Å². The van der Waals surface area contributed by atoms with E-state index in [2.05, 4.69) is 21.9 Å². The Morgan fingerprint density at radius 2 is 1.86 bits per heavy atom. The van der Waals surface area contributed by atoms with Crippen LogP contribution in [-0.2, 0) is 0 Å². The fraction of sp³-hybridized carbons (Fsp3) is 0.647. The number of benzene rings is 1. The second-order valence-electron chi connectivity index (χ2n) is 6.00. The number of nitrogens with zero attached hydrogens (tertiary/aromatic N) is 1. The largest absolute Gasteiger partial charge is 0.435 e. The Morgan fingerprint density at radius 1 is 1.23 bits per heavy atom. The van der Waals surface area contributed by atoms with Gasteiger partial charge in [0.25, 0.3) is 0 Å². The molecule has 5 heteroatoms. The number of rotatable bonds is 7. The Balaban J connectivity index is 1.85. The summed E-state index contributed by atoms with van der Waals surface area (Å²) in [7, 11) is 2.00. The average molecular weight is 312 g/mol. The molecule has 22 heavy (non-hydrogen) atoms. The van der Waals surface area contributed by atoms with Crippen molar-refractivity contribution < 1.29 is 13.5 Å². The van der Waals surface area contributed by atoms with Gasteiger partial charge in [0, 0.05) is 6.04 Å². The van der Waals surface area contributed by atoms with Gasteiger partial charge in [-0.3, -0.25) is 4.90 Å². The second kappa shape index (κ2) is 8.44. The summed E-state index contributed by atoms with van der Waals surface area (Å²) >= 11 is 0. The van der Waals surface area contributed by atoms with Crippen molar-refractivity contribution >= 4 is 0 Å². The lowest BCUT2D eigenvalue weighted by molar-refractivity contribution is -0.0498. The molecule has 0 spiro atoms. The summed E-state index contributed by atoms with van der Waals surface area (Å²) < 4.78 is 28.7. The molecule has 1 N–H and O–H groups in total. The predicted octanol–water partition coefficient (Wildman–Crippen LogP) is 3.67. The predicted molar refractivity (Wildman–Crippen MR) is 84.3 cm³/mol. The molecule has 1 atom stereocenters. The van der Waals surface area contributed by atoms with Crippen LogP contribution in [0.3, 0.4) is 0 Å². The molecule has 0 saturated carbocycles. The Kier molecular flexibility index (Phi) is 6.58. The number of nitrogens with one attached hydrogen (secondary N) is 1. The van der Waals surface area contributed by atoms with Crippen LogP contribution >= 0.6 is 0 Å². The van der Waals surface area contributed by atoms with Crippen LogP contribution < -0.4 is 10.1 Å². The van der Waals surface area contributed by atoms with Gasteiger partial charge in [-0.1, -0.05) is 12.1 Å². The van der Waals surface area contributed by atoms with E-state index < -0.39 is 6.61 Å². The molecular formula is C17H26F2N2O. The molecule has 0 radical (unpaired) electrons. The molecule has 3 nitrogen and oxygen atoms in total. The number of halogens is 2. The van der Waals surface area contributed by atoms with Crippen LogP contribution in [0.2, 0.25) is 0 Å². The summed E-state index contributed by atoms with van der Waals surface area (Å²) in [5, 5.41) is 3.21. The van der Waals surface area contributed by atoms with E-state index in [0.717, 1.165) is 31.1 Å². The van der Waals surface area contributed by atoms with Gasteiger partial charge in [0.2, 0.25) is 0 Å². The van der Waals surface area contributed by atoms with Gasteiger partial charge in [-0.05, 0) is 76.5 Å². The van der Waals surface area contributed by atoms with Gasteiger partial charge < -0.3 is 10.1 Å². The molecule has 0 amide bonds. The summed E-state index contributed by atoms with van der Waals surface area (Å²) in [5.41, 5.74) is 1.15. The SMILES string of the molecule is CNCCC1CCN(C(C)c2ccc(OC(F)F)cc2)CC1.